The maximum atomic E-state index is 12.6. The molecule has 1 aliphatic heterocycles. The predicted octanol–water partition coefficient (Wildman–Crippen LogP) is 2.68. The number of ether oxygens (including phenoxy) is 3. The topological polar surface area (TPSA) is 85.9 Å². The van der Waals surface area contributed by atoms with E-state index in [4.69, 9.17) is 14.2 Å². The number of benzene rings is 1. The molecule has 0 fully saturated rings. The highest BCUT2D eigenvalue weighted by molar-refractivity contribution is 5.95. The van der Waals surface area contributed by atoms with E-state index in [1.165, 1.54) is 7.11 Å². The van der Waals surface area contributed by atoms with Gasteiger partial charge < -0.3 is 24.8 Å². The molecule has 7 nitrogen and oxygen atoms in total. The molecule has 0 radical (unpaired) electrons. The minimum atomic E-state index is -0.681. The number of amides is 2. The lowest BCUT2D eigenvalue weighted by Crippen LogP contribution is -2.46. The molecule has 0 aliphatic carbocycles. The molecule has 1 atom stereocenters. The molecule has 2 amide bonds. The summed E-state index contributed by atoms with van der Waals surface area (Å²) in [5, 5.41) is 5.52. The largest absolute Gasteiger partial charge is 0.497 e. The Morgan fingerprint density at radius 2 is 1.96 bits per heavy atom. The Hall–Kier alpha value is -2.70. The van der Waals surface area contributed by atoms with Crippen LogP contribution < -0.4 is 20.1 Å². The van der Waals surface area contributed by atoms with Crippen molar-refractivity contribution in [2.45, 2.75) is 32.7 Å². The summed E-state index contributed by atoms with van der Waals surface area (Å²) in [4.78, 5) is 24.7. The van der Waals surface area contributed by atoms with Crippen molar-refractivity contribution in [3.8, 4) is 11.5 Å². The van der Waals surface area contributed by atoms with E-state index >= 15 is 0 Å². The number of carbonyl (C=O) groups is 2. The summed E-state index contributed by atoms with van der Waals surface area (Å²) in [5.74, 6) is 0.683. The van der Waals surface area contributed by atoms with Crippen LogP contribution in [0.5, 0.6) is 11.5 Å². The fraction of sp³-hybridized carbons (Fsp3) is 0.444. The second-order valence-electron chi connectivity index (χ2n) is 5.50. The van der Waals surface area contributed by atoms with Crippen LogP contribution in [0.3, 0.4) is 0 Å². The van der Waals surface area contributed by atoms with Gasteiger partial charge in [-0.15, -0.1) is 0 Å². The Morgan fingerprint density at radius 3 is 2.56 bits per heavy atom. The number of carbonyl (C=O) groups excluding carboxylic acids is 2. The van der Waals surface area contributed by atoms with Crippen LogP contribution in [0, 0.1) is 0 Å². The first-order valence-electron chi connectivity index (χ1n) is 8.25. The highest BCUT2D eigenvalue weighted by Crippen LogP contribution is 2.36. The van der Waals surface area contributed by atoms with Gasteiger partial charge in [0.15, 0.2) is 0 Å². The van der Waals surface area contributed by atoms with Gasteiger partial charge in [0.1, 0.15) is 11.5 Å². The van der Waals surface area contributed by atoms with Gasteiger partial charge in [-0.1, -0.05) is 13.3 Å². The van der Waals surface area contributed by atoms with Gasteiger partial charge in [-0.25, -0.2) is 9.59 Å². The van der Waals surface area contributed by atoms with Crippen molar-refractivity contribution < 1.29 is 23.8 Å². The lowest BCUT2D eigenvalue weighted by Gasteiger charge is -2.30. The average molecular weight is 348 g/mol. The monoisotopic (exact) mass is 348 g/mol. The number of allylic oxidation sites excluding steroid dienone is 1. The Bertz CT molecular complexity index is 684. The van der Waals surface area contributed by atoms with Crippen molar-refractivity contribution in [2.24, 2.45) is 0 Å². The molecule has 2 N–H and O–H groups in total. The minimum absolute atomic E-state index is 0.248. The summed E-state index contributed by atoms with van der Waals surface area (Å²) in [6.07, 6.45) is 1.34. The molecular weight excluding hydrogens is 324 g/mol. The Labute approximate surface area is 147 Å². The van der Waals surface area contributed by atoms with Gasteiger partial charge >= 0.3 is 12.0 Å². The smallest absolute Gasteiger partial charge is 0.338 e. The Balaban J connectivity index is 2.60. The molecule has 0 spiro atoms. The number of urea groups is 1. The van der Waals surface area contributed by atoms with Crippen molar-refractivity contribution in [3.63, 3.8) is 0 Å². The number of methoxy groups -OCH3 is 2. The van der Waals surface area contributed by atoms with E-state index in [1.54, 1.807) is 32.2 Å². The molecule has 1 unspecified atom stereocenters. The van der Waals surface area contributed by atoms with Gasteiger partial charge in [-0.3, -0.25) is 0 Å². The summed E-state index contributed by atoms with van der Waals surface area (Å²) in [6.45, 7) is 3.97. The maximum absolute atomic E-state index is 12.6. The fourth-order valence-electron chi connectivity index (χ4n) is 2.81. The Kier molecular flexibility index (Phi) is 6.27. The minimum Gasteiger partial charge on any atom is -0.497 e. The van der Waals surface area contributed by atoms with Crippen LogP contribution in [0.4, 0.5) is 4.79 Å². The quantitative estimate of drug-likeness (QED) is 0.740. The lowest BCUT2D eigenvalue weighted by atomic mass is 9.93. The first kappa shape index (κ1) is 18.6. The highest BCUT2D eigenvalue weighted by Gasteiger charge is 2.35. The Morgan fingerprint density at radius 1 is 1.20 bits per heavy atom. The zero-order valence-electron chi connectivity index (χ0n) is 15.0. The number of rotatable bonds is 7. The van der Waals surface area contributed by atoms with E-state index in [0.717, 1.165) is 6.42 Å². The summed E-state index contributed by atoms with van der Waals surface area (Å²) >= 11 is 0. The van der Waals surface area contributed by atoms with Crippen LogP contribution in [-0.2, 0) is 9.53 Å². The van der Waals surface area contributed by atoms with Crippen LogP contribution >= 0.6 is 0 Å². The van der Waals surface area contributed by atoms with Crippen LogP contribution in [0.2, 0.25) is 0 Å². The van der Waals surface area contributed by atoms with Gasteiger partial charge in [0.2, 0.25) is 0 Å². The molecule has 1 aromatic rings. The molecule has 2 rings (SSSR count). The molecule has 1 heterocycles. The molecule has 1 aliphatic rings. The second-order valence-corrected chi connectivity index (χ2v) is 5.50. The third kappa shape index (κ3) is 4.04. The van der Waals surface area contributed by atoms with Crippen molar-refractivity contribution in [1.29, 1.82) is 0 Å². The van der Waals surface area contributed by atoms with Gasteiger partial charge in [-0.2, -0.15) is 0 Å². The van der Waals surface area contributed by atoms with E-state index in [9.17, 15) is 9.59 Å². The molecular formula is C18H24N2O5. The van der Waals surface area contributed by atoms with Crippen LogP contribution in [0.15, 0.2) is 29.5 Å². The van der Waals surface area contributed by atoms with E-state index in [-0.39, 0.29) is 12.6 Å². The summed E-state index contributed by atoms with van der Waals surface area (Å²) < 4.78 is 15.9. The predicted molar refractivity (Wildman–Crippen MR) is 92.5 cm³/mol. The van der Waals surface area contributed by atoms with Crippen molar-refractivity contribution in [1.82, 2.24) is 10.6 Å². The molecule has 1 aromatic carbocycles. The van der Waals surface area contributed by atoms with E-state index in [0.29, 0.717) is 34.8 Å². The maximum Gasteiger partial charge on any atom is 0.338 e. The van der Waals surface area contributed by atoms with Gasteiger partial charge in [0.25, 0.3) is 0 Å². The van der Waals surface area contributed by atoms with Gasteiger partial charge in [0, 0.05) is 11.3 Å². The number of hydrogen-bond donors (Lipinski definition) is 2. The third-order valence-corrected chi connectivity index (χ3v) is 3.90. The standard InChI is InChI=1S/C18H24N2O5/c1-5-7-13-15(17(21)25-6-2)16(20-18(22)19-13)12-10-11(23-3)8-9-14(12)24-4/h8-10,16H,5-7H2,1-4H3,(H2,19,20,22). The van der Waals surface area contributed by atoms with Crippen molar-refractivity contribution >= 4 is 12.0 Å². The van der Waals surface area contributed by atoms with Crippen LogP contribution in [0.25, 0.3) is 0 Å². The van der Waals surface area contributed by atoms with Crippen LogP contribution in [0.1, 0.15) is 38.3 Å². The summed E-state index contributed by atoms with van der Waals surface area (Å²) in [5.41, 5.74) is 1.59. The molecule has 0 saturated heterocycles. The van der Waals surface area contributed by atoms with Gasteiger partial charge in [-0.05, 0) is 31.5 Å². The van der Waals surface area contributed by atoms with E-state index < -0.39 is 12.0 Å². The van der Waals surface area contributed by atoms with Crippen molar-refractivity contribution in [2.75, 3.05) is 20.8 Å². The number of esters is 1. The highest BCUT2D eigenvalue weighted by atomic mass is 16.5. The summed E-state index contributed by atoms with van der Waals surface area (Å²) in [6, 6.07) is 4.19. The fourth-order valence-corrected chi connectivity index (χ4v) is 2.81. The molecule has 25 heavy (non-hydrogen) atoms. The second kappa shape index (κ2) is 8.41. The first-order valence-corrected chi connectivity index (χ1v) is 8.25. The zero-order chi connectivity index (χ0) is 18.4. The zero-order valence-corrected chi connectivity index (χ0v) is 15.0. The lowest BCUT2D eigenvalue weighted by molar-refractivity contribution is -0.139. The summed E-state index contributed by atoms with van der Waals surface area (Å²) in [7, 11) is 3.09. The average Bonchev–Trinajstić information content (AvgIpc) is 2.61. The van der Waals surface area contributed by atoms with E-state index in [2.05, 4.69) is 10.6 Å². The SMILES string of the molecule is CCCC1=C(C(=O)OCC)C(c2cc(OC)ccc2OC)NC(=O)N1. The molecule has 7 heteroatoms. The third-order valence-electron chi connectivity index (χ3n) is 3.90. The van der Waals surface area contributed by atoms with Crippen molar-refractivity contribution in [3.05, 3.63) is 35.0 Å². The number of nitrogens with one attached hydrogen (secondary N) is 2. The first-order chi connectivity index (χ1) is 12.0. The molecule has 0 saturated carbocycles. The normalized spacial score (nSPS) is 16.8. The van der Waals surface area contributed by atoms with Gasteiger partial charge in [0.05, 0.1) is 32.4 Å². The molecule has 0 bridgehead atoms. The molecule has 136 valence electrons. The number of hydrogen-bond acceptors (Lipinski definition) is 5. The molecule has 0 aromatic heterocycles. The van der Waals surface area contributed by atoms with Crippen LogP contribution in [-0.4, -0.2) is 32.8 Å². The van der Waals surface area contributed by atoms with E-state index in [1.807, 2.05) is 6.92 Å².